The van der Waals surface area contributed by atoms with Gasteiger partial charge in [-0.15, -0.1) is 22.6 Å². The highest BCUT2D eigenvalue weighted by atomic mass is 35.5. The molecule has 3 aromatic rings. The third kappa shape index (κ3) is 4.14. The van der Waals surface area contributed by atoms with E-state index in [1.54, 1.807) is 6.33 Å². The fourth-order valence-electron chi connectivity index (χ4n) is 3.69. The summed E-state index contributed by atoms with van der Waals surface area (Å²) in [5.41, 5.74) is 4.81. The summed E-state index contributed by atoms with van der Waals surface area (Å²) < 4.78 is 7.59. The van der Waals surface area contributed by atoms with E-state index in [1.807, 2.05) is 42.5 Å². The highest BCUT2D eigenvalue weighted by Gasteiger charge is 2.24. The number of anilines is 1. The van der Waals surface area contributed by atoms with E-state index in [1.165, 1.54) is 0 Å². The molecule has 29 heavy (non-hydrogen) atoms. The molecule has 0 bridgehead atoms. The van der Waals surface area contributed by atoms with E-state index in [9.17, 15) is 5.26 Å². The number of aromatic nitrogens is 3. The summed E-state index contributed by atoms with van der Waals surface area (Å²) >= 11 is 0. The van der Waals surface area contributed by atoms with Gasteiger partial charge in [0.05, 0.1) is 11.7 Å². The van der Waals surface area contributed by atoms with Crippen molar-refractivity contribution in [1.29, 1.82) is 5.26 Å². The Hall–Kier alpha value is -2.82. The molecule has 0 aliphatic carbocycles. The van der Waals surface area contributed by atoms with Crippen molar-refractivity contribution in [3.63, 3.8) is 0 Å². The van der Waals surface area contributed by atoms with Crippen molar-refractivity contribution in [2.75, 3.05) is 18.9 Å². The topological polar surface area (TPSA) is 78.5 Å². The SMILES string of the molecule is CC(C)Oc1ccc(CNc2c(C#N)c3c(c4nncn24)CN(C)CC3)cc1.Cl. The minimum atomic E-state index is 0. The first-order chi connectivity index (χ1) is 13.6. The molecule has 2 aromatic heterocycles. The smallest absolute Gasteiger partial charge is 0.167 e. The highest BCUT2D eigenvalue weighted by molar-refractivity contribution is 5.85. The van der Waals surface area contributed by atoms with Gasteiger partial charge in [-0.1, -0.05) is 12.1 Å². The van der Waals surface area contributed by atoms with Gasteiger partial charge in [-0.3, -0.25) is 4.40 Å². The molecule has 1 aromatic carbocycles. The summed E-state index contributed by atoms with van der Waals surface area (Å²) in [7, 11) is 2.08. The second-order valence-corrected chi connectivity index (χ2v) is 7.47. The lowest BCUT2D eigenvalue weighted by Crippen LogP contribution is -2.28. The molecule has 152 valence electrons. The predicted molar refractivity (Wildman–Crippen MR) is 115 cm³/mol. The van der Waals surface area contributed by atoms with Crippen molar-refractivity contribution in [1.82, 2.24) is 19.5 Å². The zero-order valence-corrected chi connectivity index (χ0v) is 17.7. The van der Waals surface area contributed by atoms with Gasteiger partial charge in [0.1, 0.15) is 24.0 Å². The lowest BCUT2D eigenvalue weighted by atomic mass is 9.96. The monoisotopic (exact) mass is 412 g/mol. The van der Waals surface area contributed by atoms with Crippen LogP contribution in [0.2, 0.25) is 0 Å². The molecule has 0 amide bonds. The molecule has 0 unspecified atom stereocenters. The van der Waals surface area contributed by atoms with Gasteiger partial charge < -0.3 is 15.0 Å². The molecule has 7 nitrogen and oxygen atoms in total. The Balaban J connectivity index is 0.00000240. The molecule has 0 fully saturated rings. The number of halogens is 1. The van der Waals surface area contributed by atoms with Crippen LogP contribution in [0.5, 0.6) is 5.75 Å². The molecule has 0 atom stereocenters. The zero-order chi connectivity index (χ0) is 19.7. The van der Waals surface area contributed by atoms with Gasteiger partial charge in [0.15, 0.2) is 5.65 Å². The maximum Gasteiger partial charge on any atom is 0.167 e. The number of hydrogen-bond donors (Lipinski definition) is 1. The third-order valence-corrected chi connectivity index (χ3v) is 5.00. The fourth-order valence-corrected chi connectivity index (χ4v) is 3.69. The summed E-state index contributed by atoms with van der Waals surface area (Å²) in [5, 5.41) is 21.7. The lowest BCUT2D eigenvalue weighted by molar-refractivity contribution is 0.242. The molecule has 8 heteroatoms. The van der Waals surface area contributed by atoms with E-state index < -0.39 is 0 Å². The average Bonchev–Trinajstić information content (AvgIpc) is 3.16. The van der Waals surface area contributed by atoms with Gasteiger partial charge in [-0.25, -0.2) is 0 Å². The average molecular weight is 413 g/mol. The predicted octanol–water partition coefficient (Wildman–Crippen LogP) is 3.41. The Morgan fingerprint density at radius 2 is 2.00 bits per heavy atom. The van der Waals surface area contributed by atoms with E-state index in [0.717, 1.165) is 53.4 Å². The zero-order valence-electron chi connectivity index (χ0n) is 16.8. The number of likely N-dealkylation sites (N-methyl/N-ethyl adjacent to an activating group) is 1. The lowest BCUT2D eigenvalue weighted by Gasteiger charge is -2.27. The Morgan fingerprint density at radius 3 is 2.69 bits per heavy atom. The quantitative estimate of drug-likeness (QED) is 0.691. The maximum atomic E-state index is 9.88. The Labute approximate surface area is 176 Å². The summed E-state index contributed by atoms with van der Waals surface area (Å²) in [4.78, 5) is 2.24. The van der Waals surface area contributed by atoms with Crippen molar-refractivity contribution in [2.24, 2.45) is 0 Å². The standard InChI is InChI=1S/C21H24N6O.ClH/c1-14(2)28-16-6-4-15(5-7-16)11-23-20-18(10-22)17-8-9-26(3)12-19(17)21-25-24-13-27(20)21;/h4-7,13-14,23H,8-9,11-12H2,1-3H3;1H. The maximum absolute atomic E-state index is 9.88. The van der Waals surface area contributed by atoms with Crippen LogP contribution in [0.15, 0.2) is 30.6 Å². The van der Waals surface area contributed by atoms with Crippen LogP contribution in [0.1, 0.15) is 36.1 Å². The van der Waals surface area contributed by atoms with Crippen molar-refractivity contribution in [3.05, 3.63) is 52.8 Å². The largest absolute Gasteiger partial charge is 0.491 e. The van der Waals surface area contributed by atoms with Gasteiger partial charge >= 0.3 is 0 Å². The van der Waals surface area contributed by atoms with E-state index in [0.29, 0.717) is 12.1 Å². The first-order valence-electron chi connectivity index (χ1n) is 9.52. The molecule has 1 N–H and O–H groups in total. The van der Waals surface area contributed by atoms with Crippen molar-refractivity contribution in [3.8, 4) is 11.8 Å². The van der Waals surface area contributed by atoms with Crippen LogP contribution in [0.25, 0.3) is 5.65 Å². The van der Waals surface area contributed by atoms with Crippen LogP contribution in [-0.4, -0.2) is 39.2 Å². The number of benzene rings is 1. The van der Waals surface area contributed by atoms with E-state index in [-0.39, 0.29) is 18.5 Å². The number of fused-ring (bicyclic) bond motifs is 3. The first-order valence-corrected chi connectivity index (χ1v) is 9.52. The molecular weight excluding hydrogens is 388 g/mol. The van der Waals surface area contributed by atoms with E-state index >= 15 is 0 Å². The molecule has 1 aliphatic heterocycles. The Morgan fingerprint density at radius 1 is 1.24 bits per heavy atom. The number of hydrogen-bond acceptors (Lipinski definition) is 6. The van der Waals surface area contributed by atoms with E-state index in [4.69, 9.17) is 4.74 Å². The van der Waals surface area contributed by atoms with E-state index in [2.05, 4.69) is 33.5 Å². The van der Waals surface area contributed by atoms with Crippen LogP contribution < -0.4 is 10.1 Å². The van der Waals surface area contributed by atoms with Crippen LogP contribution in [0.3, 0.4) is 0 Å². The van der Waals surface area contributed by atoms with Crippen molar-refractivity contribution in [2.45, 2.75) is 39.5 Å². The number of ether oxygens (including phenoxy) is 1. The molecule has 0 saturated carbocycles. The first kappa shape index (κ1) is 20.9. The summed E-state index contributed by atoms with van der Waals surface area (Å²) in [6, 6.07) is 10.4. The molecule has 0 radical (unpaired) electrons. The number of pyridine rings is 1. The molecule has 3 heterocycles. The minimum Gasteiger partial charge on any atom is -0.491 e. The van der Waals surface area contributed by atoms with Gasteiger partial charge in [-0.05, 0) is 50.6 Å². The van der Waals surface area contributed by atoms with Crippen LogP contribution in [0, 0.1) is 11.3 Å². The molecule has 0 saturated heterocycles. The minimum absolute atomic E-state index is 0. The molecule has 4 rings (SSSR count). The second-order valence-electron chi connectivity index (χ2n) is 7.47. The number of nitrogens with one attached hydrogen (secondary N) is 1. The Kier molecular flexibility index (Phi) is 6.26. The number of nitrogens with zero attached hydrogens (tertiary/aromatic N) is 5. The second kappa shape index (κ2) is 8.68. The van der Waals surface area contributed by atoms with Crippen molar-refractivity contribution < 1.29 is 4.74 Å². The fraction of sp³-hybridized carbons (Fsp3) is 0.381. The molecule has 0 spiro atoms. The van der Waals surface area contributed by atoms with Crippen LogP contribution in [-0.2, 0) is 19.5 Å². The number of nitriles is 1. The summed E-state index contributed by atoms with van der Waals surface area (Å²) in [5.74, 6) is 1.61. The number of rotatable bonds is 5. The molecule has 1 aliphatic rings. The van der Waals surface area contributed by atoms with Gasteiger partial charge in [0, 0.05) is 25.2 Å². The van der Waals surface area contributed by atoms with Gasteiger partial charge in [0.25, 0.3) is 0 Å². The van der Waals surface area contributed by atoms with Crippen molar-refractivity contribution >= 4 is 23.9 Å². The molecular formula is C21H25ClN6O. The third-order valence-electron chi connectivity index (χ3n) is 5.00. The van der Waals surface area contributed by atoms with Gasteiger partial charge in [0.2, 0.25) is 0 Å². The highest BCUT2D eigenvalue weighted by Crippen LogP contribution is 2.30. The summed E-state index contributed by atoms with van der Waals surface area (Å²) in [6.07, 6.45) is 2.67. The van der Waals surface area contributed by atoms with Crippen LogP contribution in [0.4, 0.5) is 5.82 Å². The Bertz CT molecular complexity index is 1040. The normalized spacial score (nSPS) is 13.6. The van der Waals surface area contributed by atoms with Crippen LogP contribution >= 0.6 is 12.4 Å². The van der Waals surface area contributed by atoms with Gasteiger partial charge in [-0.2, -0.15) is 5.26 Å². The summed E-state index contributed by atoms with van der Waals surface area (Å²) in [6.45, 7) is 6.34.